The number of hydrogen-bond donors (Lipinski definition) is 1. The summed E-state index contributed by atoms with van der Waals surface area (Å²) >= 11 is 3.34. The summed E-state index contributed by atoms with van der Waals surface area (Å²) < 4.78 is 2.74. The van der Waals surface area contributed by atoms with E-state index in [9.17, 15) is 0 Å². The van der Waals surface area contributed by atoms with E-state index in [0.29, 0.717) is 0 Å². The first-order valence-electron chi connectivity index (χ1n) is 4.11. The highest BCUT2D eigenvalue weighted by Gasteiger charge is 2.37. The molecule has 2 rings (SSSR count). The van der Waals surface area contributed by atoms with Gasteiger partial charge in [-0.3, -0.25) is 4.68 Å². The van der Waals surface area contributed by atoms with Gasteiger partial charge in [-0.15, -0.1) is 0 Å². The van der Waals surface area contributed by atoms with E-state index in [-0.39, 0.29) is 5.54 Å². The number of nitrogens with two attached hydrogens (primary N) is 1. The van der Waals surface area contributed by atoms with Gasteiger partial charge in [-0.2, -0.15) is 5.10 Å². The third kappa shape index (κ3) is 1.10. The molecule has 66 valence electrons. The third-order valence-corrected chi connectivity index (χ3v) is 2.99. The molecule has 1 aliphatic carbocycles. The smallest absolute Gasteiger partial charge is 0.128 e. The summed E-state index contributed by atoms with van der Waals surface area (Å²) in [6.07, 6.45) is 3.40. The van der Waals surface area contributed by atoms with E-state index in [0.717, 1.165) is 23.1 Å². The quantitative estimate of drug-likeness (QED) is 0.794. The zero-order valence-electron chi connectivity index (χ0n) is 7.05. The Labute approximate surface area is 80.1 Å². The van der Waals surface area contributed by atoms with Gasteiger partial charge in [0.1, 0.15) is 4.60 Å². The fraction of sp³-hybridized carbons (Fsp3) is 0.625. The summed E-state index contributed by atoms with van der Waals surface area (Å²) in [6, 6.07) is 2.01. The molecule has 12 heavy (non-hydrogen) atoms. The Hall–Kier alpha value is -0.350. The molecule has 1 fully saturated rings. The zero-order valence-corrected chi connectivity index (χ0v) is 8.63. The van der Waals surface area contributed by atoms with Gasteiger partial charge in [0.2, 0.25) is 0 Å². The van der Waals surface area contributed by atoms with E-state index < -0.39 is 0 Å². The van der Waals surface area contributed by atoms with Gasteiger partial charge in [0.15, 0.2) is 0 Å². The molecular formula is C8H12BrN3. The average Bonchev–Trinajstić information content (AvgIpc) is 2.25. The van der Waals surface area contributed by atoms with Gasteiger partial charge in [-0.05, 0) is 41.3 Å². The maximum atomic E-state index is 6.16. The standard InChI is InChI=1S/C8H12BrN3/c1-12-6(5-7(9)11-12)8(10)3-2-4-8/h5H,2-4,10H2,1H3. The van der Waals surface area contributed by atoms with Crippen LogP contribution in [0.4, 0.5) is 0 Å². The van der Waals surface area contributed by atoms with E-state index >= 15 is 0 Å². The monoisotopic (exact) mass is 229 g/mol. The molecule has 1 aliphatic rings. The number of rotatable bonds is 1. The lowest BCUT2D eigenvalue weighted by atomic mass is 9.75. The van der Waals surface area contributed by atoms with Crippen molar-refractivity contribution >= 4 is 15.9 Å². The summed E-state index contributed by atoms with van der Waals surface area (Å²) in [7, 11) is 1.94. The van der Waals surface area contributed by atoms with Crippen molar-refractivity contribution in [2.45, 2.75) is 24.8 Å². The molecular weight excluding hydrogens is 218 g/mol. The van der Waals surface area contributed by atoms with Crippen LogP contribution in [0.1, 0.15) is 25.0 Å². The Bertz CT molecular complexity index is 301. The zero-order chi connectivity index (χ0) is 8.77. The van der Waals surface area contributed by atoms with Crippen molar-refractivity contribution in [2.75, 3.05) is 0 Å². The molecule has 0 amide bonds. The second-order valence-electron chi connectivity index (χ2n) is 3.49. The summed E-state index contributed by atoms with van der Waals surface area (Å²) in [6.45, 7) is 0. The molecule has 1 aromatic rings. The minimum absolute atomic E-state index is 0.103. The van der Waals surface area contributed by atoms with Gasteiger partial charge >= 0.3 is 0 Å². The molecule has 2 N–H and O–H groups in total. The average molecular weight is 230 g/mol. The lowest BCUT2D eigenvalue weighted by Crippen LogP contribution is -2.44. The first-order chi connectivity index (χ1) is 5.62. The van der Waals surface area contributed by atoms with Crippen molar-refractivity contribution in [1.29, 1.82) is 0 Å². The second-order valence-corrected chi connectivity index (χ2v) is 4.30. The summed E-state index contributed by atoms with van der Waals surface area (Å²) in [5.74, 6) is 0. The predicted molar refractivity (Wildman–Crippen MR) is 50.6 cm³/mol. The first-order valence-corrected chi connectivity index (χ1v) is 4.90. The van der Waals surface area contributed by atoms with Crippen LogP contribution in [-0.2, 0) is 12.6 Å². The Morgan fingerprint density at radius 1 is 1.67 bits per heavy atom. The molecule has 0 aromatic carbocycles. The van der Waals surface area contributed by atoms with Gasteiger partial charge in [0.25, 0.3) is 0 Å². The number of hydrogen-bond acceptors (Lipinski definition) is 2. The molecule has 0 bridgehead atoms. The predicted octanol–water partition coefficient (Wildman–Crippen LogP) is 1.52. The third-order valence-electron chi connectivity index (χ3n) is 2.61. The molecule has 3 nitrogen and oxygen atoms in total. The number of aryl methyl sites for hydroxylation is 1. The van der Waals surface area contributed by atoms with Crippen LogP contribution in [0.5, 0.6) is 0 Å². The minimum atomic E-state index is -0.103. The van der Waals surface area contributed by atoms with Crippen molar-refractivity contribution < 1.29 is 0 Å². The Morgan fingerprint density at radius 2 is 2.33 bits per heavy atom. The van der Waals surface area contributed by atoms with E-state index in [2.05, 4.69) is 21.0 Å². The fourth-order valence-corrected chi connectivity index (χ4v) is 2.17. The Balaban J connectivity index is 2.38. The Kier molecular flexibility index (Phi) is 1.77. The molecule has 0 unspecified atom stereocenters. The van der Waals surface area contributed by atoms with Crippen molar-refractivity contribution in [3.8, 4) is 0 Å². The molecule has 4 heteroatoms. The number of nitrogens with zero attached hydrogens (tertiary/aromatic N) is 2. The Morgan fingerprint density at radius 3 is 2.67 bits per heavy atom. The van der Waals surface area contributed by atoms with Crippen LogP contribution in [0.15, 0.2) is 10.7 Å². The van der Waals surface area contributed by atoms with E-state index in [1.54, 1.807) is 0 Å². The molecule has 0 radical (unpaired) electrons. The second kappa shape index (κ2) is 2.57. The molecule has 1 saturated carbocycles. The van der Waals surface area contributed by atoms with Crippen LogP contribution in [-0.4, -0.2) is 9.78 Å². The maximum Gasteiger partial charge on any atom is 0.128 e. The maximum absolute atomic E-state index is 6.16. The fourth-order valence-electron chi connectivity index (χ4n) is 1.71. The molecule has 0 spiro atoms. The number of aromatic nitrogens is 2. The molecule has 0 saturated heterocycles. The highest BCUT2D eigenvalue weighted by atomic mass is 79.9. The lowest BCUT2D eigenvalue weighted by Gasteiger charge is -2.37. The van der Waals surface area contributed by atoms with E-state index in [4.69, 9.17) is 5.73 Å². The van der Waals surface area contributed by atoms with Crippen molar-refractivity contribution in [1.82, 2.24) is 9.78 Å². The van der Waals surface area contributed by atoms with E-state index in [1.807, 2.05) is 17.8 Å². The topological polar surface area (TPSA) is 43.8 Å². The molecule has 1 heterocycles. The van der Waals surface area contributed by atoms with Crippen LogP contribution in [0.25, 0.3) is 0 Å². The van der Waals surface area contributed by atoms with Crippen LogP contribution in [0, 0.1) is 0 Å². The van der Waals surface area contributed by atoms with Crippen LogP contribution in [0.2, 0.25) is 0 Å². The highest BCUT2D eigenvalue weighted by Crippen LogP contribution is 2.38. The largest absolute Gasteiger partial charge is 0.320 e. The lowest BCUT2D eigenvalue weighted by molar-refractivity contribution is 0.237. The molecule has 0 atom stereocenters. The van der Waals surface area contributed by atoms with Gasteiger partial charge in [-0.25, -0.2) is 0 Å². The van der Waals surface area contributed by atoms with Gasteiger partial charge in [0.05, 0.1) is 11.2 Å². The number of halogens is 1. The first kappa shape index (κ1) is 8.26. The minimum Gasteiger partial charge on any atom is -0.320 e. The van der Waals surface area contributed by atoms with Crippen molar-refractivity contribution in [3.63, 3.8) is 0 Å². The summed E-state index contributed by atoms with van der Waals surface area (Å²) in [4.78, 5) is 0. The van der Waals surface area contributed by atoms with Crippen LogP contribution < -0.4 is 5.73 Å². The SMILES string of the molecule is Cn1nc(Br)cc1C1(N)CCC1. The molecule has 1 aromatic heterocycles. The summed E-state index contributed by atoms with van der Waals surface area (Å²) in [5.41, 5.74) is 7.19. The summed E-state index contributed by atoms with van der Waals surface area (Å²) in [5, 5.41) is 4.21. The van der Waals surface area contributed by atoms with Gasteiger partial charge in [-0.1, -0.05) is 0 Å². The molecule has 0 aliphatic heterocycles. The van der Waals surface area contributed by atoms with E-state index in [1.165, 1.54) is 6.42 Å². The van der Waals surface area contributed by atoms with Crippen LogP contribution in [0.3, 0.4) is 0 Å². The van der Waals surface area contributed by atoms with Crippen molar-refractivity contribution in [3.05, 3.63) is 16.4 Å². The van der Waals surface area contributed by atoms with Gasteiger partial charge in [0, 0.05) is 7.05 Å². The van der Waals surface area contributed by atoms with Gasteiger partial charge < -0.3 is 5.73 Å². The van der Waals surface area contributed by atoms with Crippen molar-refractivity contribution in [2.24, 2.45) is 12.8 Å². The normalized spacial score (nSPS) is 20.6. The highest BCUT2D eigenvalue weighted by molar-refractivity contribution is 9.10. The van der Waals surface area contributed by atoms with Crippen LogP contribution >= 0.6 is 15.9 Å².